The van der Waals surface area contributed by atoms with Gasteiger partial charge in [0.15, 0.2) is 9.84 Å². The maximum Gasteiger partial charge on any atom is 0.185 e. The van der Waals surface area contributed by atoms with E-state index in [9.17, 15) is 8.42 Å². The summed E-state index contributed by atoms with van der Waals surface area (Å²) in [6.45, 7) is 2.94. The van der Waals surface area contributed by atoms with E-state index in [1.54, 1.807) is 31.2 Å². The average molecular weight is 383 g/mol. The number of nitrogens with zero attached hydrogens (tertiary/aromatic N) is 1. The number of H-pyrrole nitrogens is 1. The summed E-state index contributed by atoms with van der Waals surface area (Å²) in [4.78, 5) is 6.14. The molecule has 1 fully saturated rings. The molecule has 2 aromatic carbocycles. The number of hydrogen-bond acceptors (Lipinski definition) is 3. The molecule has 0 bridgehead atoms. The van der Waals surface area contributed by atoms with Crippen molar-refractivity contribution >= 4 is 20.7 Å². The molecule has 0 radical (unpaired) electrons. The minimum absolute atomic E-state index is 0.375. The van der Waals surface area contributed by atoms with E-state index in [1.807, 2.05) is 18.2 Å². The highest BCUT2D eigenvalue weighted by molar-refractivity contribution is 7.91. The summed E-state index contributed by atoms with van der Waals surface area (Å²) in [6, 6.07) is 15.3. The van der Waals surface area contributed by atoms with E-state index < -0.39 is 15.1 Å². The van der Waals surface area contributed by atoms with Crippen LogP contribution in [0.1, 0.15) is 36.1 Å². The zero-order valence-corrected chi connectivity index (χ0v) is 16.7. The number of aromatic amines is 1. The topological polar surface area (TPSA) is 53.2 Å². The molecule has 5 heteroatoms. The zero-order chi connectivity index (χ0) is 19.0. The molecular formula is C22H26N2O2S. The number of aromatic nitrogens is 1. The van der Waals surface area contributed by atoms with Gasteiger partial charge >= 0.3 is 0 Å². The molecule has 0 aliphatic carbocycles. The fourth-order valence-electron chi connectivity index (χ4n) is 4.10. The lowest BCUT2D eigenvalue weighted by Crippen LogP contribution is -2.26. The summed E-state index contributed by atoms with van der Waals surface area (Å²) >= 11 is 0. The van der Waals surface area contributed by atoms with Crippen LogP contribution in [0.3, 0.4) is 0 Å². The molecule has 1 saturated heterocycles. The normalized spacial score (nSPS) is 19.6. The third kappa shape index (κ3) is 3.42. The Hall–Kier alpha value is -2.11. The van der Waals surface area contributed by atoms with Crippen LogP contribution in [0.4, 0.5) is 0 Å². The van der Waals surface area contributed by atoms with E-state index in [-0.39, 0.29) is 0 Å². The zero-order valence-electron chi connectivity index (χ0n) is 15.9. The summed E-state index contributed by atoms with van der Waals surface area (Å²) < 4.78 is 26.0. The van der Waals surface area contributed by atoms with Crippen molar-refractivity contribution < 1.29 is 8.42 Å². The van der Waals surface area contributed by atoms with Gasteiger partial charge in [-0.05, 0) is 75.2 Å². The predicted molar refractivity (Wildman–Crippen MR) is 110 cm³/mol. The summed E-state index contributed by atoms with van der Waals surface area (Å²) in [5.74, 6) is 0. The van der Waals surface area contributed by atoms with Gasteiger partial charge in [-0.1, -0.05) is 24.3 Å². The number of nitrogens with one attached hydrogen (secondary N) is 1. The summed E-state index contributed by atoms with van der Waals surface area (Å²) in [6.07, 6.45) is 5.56. The first-order valence-corrected chi connectivity index (χ1v) is 11.1. The SMILES string of the molecule is CC(c1ccc2[nH]cc(CC3CCCN3C)c2c1)S(=O)(=O)c1ccccc1. The van der Waals surface area contributed by atoms with Crippen molar-refractivity contribution in [2.75, 3.05) is 13.6 Å². The van der Waals surface area contributed by atoms with Gasteiger partial charge < -0.3 is 9.88 Å². The summed E-state index contributed by atoms with van der Waals surface area (Å²) in [5.41, 5.74) is 3.18. The largest absolute Gasteiger partial charge is 0.361 e. The number of fused-ring (bicyclic) bond motifs is 1. The Morgan fingerprint density at radius 3 is 2.67 bits per heavy atom. The third-order valence-corrected chi connectivity index (χ3v) is 8.06. The van der Waals surface area contributed by atoms with Gasteiger partial charge in [0.05, 0.1) is 10.1 Å². The summed E-state index contributed by atoms with van der Waals surface area (Å²) in [5, 5.41) is 0.559. The average Bonchev–Trinajstić information content (AvgIpc) is 3.28. The lowest BCUT2D eigenvalue weighted by atomic mass is 10.0. The van der Waals surface area contributed by atoms with E-state index in [0.29, 0.717) is 10.9 Å². The van der Waals surface area contributed by atoms with Crippen molar-refractivity contribution in [2.24, 2.45) is 0 Å². The second-order valence-corrected chi connectivity index (χ2v) is 9.87. The molecule has 2 heterocycles. The van der Waals surface area contributed by atoms with Gasteiger partial charge in [-0.3, -0.25) is 0 Å². The van der Waals surface area contributed by atoms with Crippen molar-refractivity contribution in [1.82, 2.24) is 9.88 Å². The number of likely N-dealkylation sites (N-methyl/N-ethyl adjacent to an activating group) is 1. The second-order valence-electron chi connectivity index (χ2n) is 7.60. The molecule has 2 unspecified atom stereocenters. The fourth-order valence-corrected chi connectivity index (χ4v) is 5.55. The van der Waals surface area contributed by atoms with Crippen molar-refractivity contribution in [3.63, 3.8) is 0 Å². The van der Waals surface area contributed by atoms with Gasteiger partial charge in [0, 0.05) is 23.1 Å². The van der Waals surface area contributed by atoms with Crippen molar-refractivity contribution in [1.29, 1.82) is 0 Å². The minimum Gasteiger partial charge on any atom is -0.361 e. The summed E-state index contributed by atoms with van der Waals surface area (Å²) in [7, 11) is -1.22. The van der Waals surface area contributed by atoms with Crippen LogP contribution in [0.5, 0.6) is 0 Å². The Labute approximate surface area is 161 Å². The van der Waals surface area contributed by atoms with Crippen LogP contribution in [0.2, 0.25) is 0 Å². The molecule has 3 aromatic rings. The molecule has 27 heavy (non-hydrogen) atoms. The number of likely N-dealkylation sites (tertiary alicyclic amines) is 1. The van der Waals surface area contributed by atoms with Gasteiger partial charge in [-0.2, -0.15) is 0 Å². The number of rotatable bonds is 5. The molecule has 0 amide bonds. The van der Waals surface area contributed by atoms with Crippen molar-refractivity contribution in [3.8, 4) is 0 Å². The number of benzene rings is 2. The first-order chi connectivity index (χ1) is 13.0. The van der Waals surface area contributed by atoms with Crippen molar-refractivity contribution in [3.05, 3.63) is 65.9 Å². The molecule has 1 aromatic heterocycles. The molecule has 0 saturated carbocycles. The lowest BCUT2D eigenvalue weighted by molar-refractivity contribution is 0.310. The molecular weight excluding hydrogens is 356 g/mol. The number of hydrogen-bond donors (Lipinski definition) is 1. The Morgan fingerprint density at radius 1 is 1.19 bits per heavy atom. The van der Waals surface area contributed by atoms with Gasteiger partial charge in [-0.15, -0.1) is 0 Å². The molecule has 4 rings (SSSR count). The van der Waals surface area contributed by atoms with Gasteiger partial charge in [0.25, 0.3) is 0 Å². The highest BCUT2D eigenvalue weighted by Gasteiger charge is 2.26. The van der Waals surface area contributed by atoms with Gasteiger partial charge in [-0.25, -0.2) is 8.42 Å². The van der Waals surface area contributed by atoms with E-state index in [2.05, 4.69) is 29.2 Å². The van der Waals surface area contributed by atoms with Crippen LogP contribution in [0, 0.1) is 0 Å². The quantitative estimate of drug-likeness (QED) is 0.714. The smallest absolute Gasteiger partial charge is 0.185 e. The van der Waals surface area contributed by atoms with E-state index in [0.717, 1.165) is 29.4 Å². The Bertz CT molecular complexity index is 1040. The first kappa shape index (κ1) is 18.3. The monoisotopic (exact) mass is 382 g/mol. The second kappa shape index (κ2) is 7.13. The molecule has 1 aliphatic heterocycles. The van der Waals surface area contributed by atoms with E-state index in [1.165, 1.54) is 18.4 Å². The van der Waals surface area contributed by atoms with Crippen LogP contribution in [0.25, 0.3) is 10.9 Å². The van der Waals surface area contributed by atoms with Crippen LogP contribution < -0.4 is 0 Å². The number of sulfone groups is 1. The molecule has 4 nitrogen and oxygen atoms in total. The van der Waals surface area contributed by atoms with Gasteiger partial charge in [0.2, 0.25) is 0 Å². The Kier molecular flexibility index (Phi) is 4.82. The maximum absolute atomic E-state index is 13.0. The van der Waals surface area contributed by atoms with Crippen LogP contribution in [-0.2, 0) is 16.3 Å². The van der Waals surface area contributed by atoms with Crippen molar-refractivity contribution in [2.45, 2.75) is 42.4 Å². The highest BCUT2D eigenvalue weighted by Crippen LogP contribution is 2.32. The Morgan fingerprint density at radius 2 is 1.96 bits per heavy atom. The molecule has 2 atom stereocenters. The van der Waals surface area contributed by atoms with Crippen LogP contribution >= 0.6 is 0 Å². The highest BCUT2D eigenvalue weighted by atomic mass is 32.2. The third-order valence-electron chi connectivity index (χ3n) is 5.93. The Balaban J connectivity index is 1.67. The predicted octanol–water partition coefficient (Wildman–Crippen LogP) is 4.34. The molecule has 0 spiro atoms. The first-order valence-electron chi connectivity index (χ1n) is 9.56. The lowest BCUT2D eigenvalue weighted by Gasteiger charge is -2.19. The maximum atomic E-state index is 13.0. The minimum atomic E-state index is -3.41. The van der Waals surface area contributed by atoms with Gasteiger partial charge in [0.1, 0.15) is 0 Å². The molecule has 142 valence electrons. The van der Waals surface area contributed by atoms with Crippen LogP contribution in [-0.4, -0.2) is 37.9 Å². The standard InChI is InChI=1S/C22H26N2O2S/c1-16(27(25,26)20-8-4-3-5-9-20)17-10-11-22-21(14-17)18(15-23-22)13-19-7-6-12-24(19)2/h3-5,8-11,14-16,19,23H,6-7,12-13H2,1-2H3. The molecule has 1 aliphatic rings. The van der Waals surface area contributed by atoms with E-state index >= 15 is 0 Å². The fraction of sp³-hybridized carbons (Fsp3) is 0.364. The van der Waals surface area contributed by atoms with Crippen LogP contribution in [0.15, 0.2) is 59.6 Å². The molecule has 1 N–H and O–H groups in total. The van der Waals surface area contributed by atoms with E-state index in [4.69, 9.17) is 0 Å².